The molecule has 0 amide bonds. The van der Waals surface area contributed by atoms with Crippen LogP contribution in [0.3, 0.4) is 0 Å². The number of fused-ring (bicyclic) bond motifs is 1. The molecule has 0 bridgehead atoms. The first-order chi connectivity index (χ1) is 17.1. The monoisotopic (exact) mass is 509 g/mol. The maximum Gasteiger partial charge on any atom is 0.306 e. The first-order valence-corrected chi connectivity index (χ1v) is 14.2. The van der Waals surface area contributed by atoms with E-state index in [1.807, 2.05) is 4.68 Å². The molecule has 36 heavy (non-hydrogen) atoms. The van der Waals surface area contributed by atoms with E-state index in [1.165, 1.54) is 28.8 Å². The van der Waals surface area contributed by atoms with E-state index in [2.05, 4.69) is 62.0 Å². The number of carbonyl (C=O) groups is 1. The van der Waals surface area contributed by atoms with E-state index in [4.69, 9.17) is 5.10 Å². The lowest BCUT2D eigenvalue weighted by atomic mass is 9.76. The molecule has 1 saturated heterocycles. The van der Waals surface area contributed by atoms with E-state index in [1.54, 1.807) is 11.3 Å². The standard InChI is InChI=1S/C28H39N5O2S/c1-17-14-20(15-18(2)21(17)9-13-33-11-7-19(8-12-33)27(34)35)25-29-30-26(36-25)24-22-6-10-28(3,4)16-23(22)32(5)31-24/h14-15,17,19,21H,6-13,16H2,1-5H3,(H,34,35). The Morgan fingerprint density at radius 1 is 1.22 bits per heavy atom. The quantitative estimate of drug-likeness (QED) is 0.574. The first kappa shape index (κ1) is 25.3. The Kier molecular flexibility index (Phi) is 6.94. The summed E-state index contributed by atoms with van der Waals surface area (Å²) in [6.07, 6.45) is 10.6. The van der Waals surface area contributed by atoms with Crippen LogP contribution < -0.4 is 0 Å². The second kappa shape index (κ2) is 9.86. The summed E-state index contributed by atoms with van der Waals surface area (Å²) in [6.45, 7) is 12.0. The zero-order valence-electron chi connectivity index (χ0n) is 22.3. The molecule has 8 heteroatoms. The minimum Gasteiger partial charge on any atom is -0.481 e. The third kappa shape index (κ3) is 5.07. The Morgan fingerprint density at radius 2 is 1.94 bits per heavy atom. The van der Waals surface area contributed by atoms with Crippen molar-refractivity contribution in [2.75, 3.05) is 19.6 Å². The third-order valence-electron chi connectivity index (χ3n) is 8.59. The second-order valence-corrected chi connectivity index (χ2v) is 12.8. The highest BCUT2D eigenvalue weighted by Gasteiger charge is 2.32. The number of hydrogen-bond acceptors (Lipinski definition) is 6. The van der Waals surface area contributed by atoms with Crippen LogP contribution in [-0.4, -0.2) is 55.6 Å². The molecule has 0 saturated carbocycles. The van der Waals surface area contributed by atoms with Gasteiger partial charge in [-0.15, -0.1) is 10.2 Å². The molecule has 2 unspecified atom stereocenters. The zero-order chi connectivity index (χ0) is 25.6. The van der Waals surface area contributed by atoms with E-state index in [-0.39, 0.29) is 5.92 Å². The number of allylic oxidation sites excluding steroid dienone is 4. The molecular weight excluding hydrogens is 470 g/mol. The van der Waals surface area contributed by atoms with Gasteiger partial charge in [-0.2, -0.15) is 5.10 Å². The fraction of sp³-hybridized carbons (Fsp3) is 0.643. The summed E-state index contributed by atoms with van der Waals surface area (Å²) in [5.41, 5.74) is 6.60. The van der Waals surface area contributed by atoms with Crippen LogP contribution >= 0.6 is 11.3 Å². The third-order valence-corrected chi connectivity index (χ3v) is 9.56. The number of aryl methyl sites for hydroxylation is 1. The van der Waals surface area contributed by atoms with Crippen LogP contribution in [0.2, 0.25) is 0 Å². The maximum atomic E-state index is 11.2. The van der Waals surface area contributed by atoms with Gasteiger partial charge in [-0.1, -0.05) is 49.8 Å². The van der Waals surface area contributed by atoms with Crippen LogP contribution in [0, 0.1) is 23.2 Å². The van der Waals surface area contributed by atoms with Gasteiger partial charge in [0.25, 0.3) is 0 Å². The summed E-state index contributed by atoms with van der Waals surface area (Å²) in [6, 6.07) is 0. The highest BCUT2D eigenvalue weighted by molar-refractivity contribution is 7.15. The van der Waals surface area contributed by atoms with Crippen molar-refractivity contribution in [1.29, 1.82) is 0 Å². The molecule has 3 heterocycles. The fourth-order valence-corrected chi connectivity index (χ4v) is 7.11. The van der Waals surface area contributed by atoms with Crippen LogP contribution in [-0.2, 0) is 24.7 Å². The smallest absolute Gasteiger partial charge is 0.306 e. The average Bonchev–Trinajstić information content (AvgIpc) is 3.43. The van der Waals surface area contributed by atoms with Crippen molar-refractivity contribution in [2.24, 2.45) is 30.2 Å². The van der Waals surface area contributed by atoms with Crippen molar-refractivity contribution in [3.05, 3.63) is 34.0 Å². The van der Waals surface area contributed by atoms with Gasteiger partial charge in [-0.3, -0.25) is 9.48 Å². The van der Waals surface area contributed by atoms with Gasteiger partial charge in [0, 0.05) is 23.9 Å². The molecule has 3 aliphatic rings. The predicted octanol–water partition coefficient (Wildman–Crippen LogP) is 5.24. The van der Waals surface area contributed by atoms with Gasteiger partial charge >= 0.3 is 5.97 Å². The minimum atomic E-state index is -0.640. The number of rotatable bonds is 6. The Hall–Kier alpha value is -2.32. The van der Waals surface area contributed by atoms with Gasteiger partial charge in [0.15, 0.2) is 5.01 Å². The van der Waals surface area contributed by atoms with Crippen molar-refractivity contribution in [3.63, 3.8) is 0 Å². The van der Waals surface area contributed by atoms with Crippen LogP contribution in [0.1, 0.15) is 69.6 Å². The van der Waals surface area contributed by atoms with Crippen LogP contribution in [0.4, 0.5) is 0 Å². The number of carboxylic acid groups (broad SMARTS) is 1. The highest BCUT2D eigenvalue weighted by Crippen LogP contribution is 2.41. The van der Waals surface area contributed by atoms with Gasteiger partial charge < -0.3 is 10.0 Å². The van der Waals surface area contributed by atoms with Gasteiger partial charge in [0.05, 0.1) is 5.92 Å². The van der Waals surface area contributed by atoms with Gasteiger partial charge in [0.1, 0.15) is 10.7 Å². The lowest BCUT2D eigenvalue weighted by Crippen LogP contribution is -2.37. The zero-order valence-corrected chi connectivity index (χ0v) is 23.1. The van der Waals surface area contributed by atoms with E-state index in [9.17, 15) is 9.90 Å². The summed E-state index contributed by atoms with van der Waals surface area (Å²) in [4.78, 5) is 13.7. The SMILES string of the molecule is CC1=CC(c2nnc(-c3nn(C)c4c3CCC(C)(C)C4)s2)=CC(C)C1CCN1CCC(C(=O)O)CC1. The molecule has 1 fully saturated rings. The highest BCUT2D eigenvalue weighted by atomic mass is 32.1. The molecule has 7 nitrogen and oxygen atoms in total. The van der Waals surface area contributed by atoms with E-state index in [0.29, 0.717) is 17.3 Å². The molecule has 2 atom stereocenters. The molecule has 2 aromatic rings. The Morgan fingerprint density at radius 3 is 2.64 bits per heavy atom. The number of aliphatic carboxylic acids is 1. The number of aromatic nitrogens is 4. The van der Waals surface area contributed by atoms with Crippen LogP contribution in [0.25, 0.3) is 16.3 Å². The fourth-order valence-electron chi connectivity index (χ4n) is 6.26. The number of likely N-dealkylation sites (tertiary alicyclic amines) is 1. The van der Waals surface area contributed by atoms with E-state index < -0.39 is 5.97 Å². The molecule has 1 N–H and O–H groups in total. The molecule has 0 spiro atoms. The lowest BCUT2D eigenvalue weighted by Gasteiger charge is -2.33. The number of carboxylic acids is 1. The maximum absolute atomic E-state index is 11.2. The normalized spacial score (nSPS) is 24.8. The van der Waals surface area contributed by atoms with Crippen LogP contribution in [0.15, 0.2) is 17.7 Å². The second-order valence-electron chi connectivity index (χ2n) is 11.9. The average molecular weight is 510 g/mol. The predicted molar refractivity (Wildman–Crippen MR) is 144 cm³/mol. The molecular formula is C28H39N5O2S. The molecule has 0 radical (unpaired) electrons. The molecule has 194 valence electrons. The van der Waals surface area contributed by atoms with Crippen molar-refractivity contribution in [3.8, 4) is 10.7 Å². The Balaban J connectivity index is 1.25. The molecule has 5 rings (SSSR count). The number of nitrogens with zero attached hydrogens (tertiary/aromatic N) is 5. The van der Waals surface area contributed by atoms with Crippen molar-refractivity contribution in [2.45, 2.75) is 66.2 Å². The van der Waals surface area contributed by atoms with Crippen molar-refractivity contribution >= 4 is 22.9 Å². The topological polar surface area (TPSA) is 84.1 Å². The minimum absolute atomic E-state index is 0.165. The summed E-state index contributed by atoms with van der Waals surface area (Å²) in [5, 5.41) is 25.2. The Labute approximate surface area is 218 Å². The number of hydrogen-bond donors (Lipinski definition) is 1. The Bertz CT molecular complexity index is 1200. The summed E-state index contributed by atoms with van der Waals surface area (Å²) in [7, 11) is 2.05. The number of piperidine rings is 1. The van der Waals surface area contributed by atoms with Crippen molar-refractivity contribution < 1.29 is 9.90 Å². The van der Waals surface area contributed by atoms with Gasteiger partial charge in [0.2, 0.25) is 0 Å². The van der Waals surface area contributed by atoms with E-state index in [0.717, 1.165) is 67.4 Å². The van der Waals surface area contributed by atoms with Crippen molar-refractivity contribution in [1.82, 2.24) is 24.9 Å². The first-order valence-electron chi connectivity index (χ1n) is 13.4. The summed E-state index contributed by atoms with van der Waals surface area (Å²) in [5.74, 6) is 0.129. The molecule has 0 aromatic carbocycles. The lowest BCUT2D eigenvalue weighted by molar-refractivity contribution is -0.143. The molecule has 2 aromatic heterocycles. The summed E-state index contributed by atoms with van der Waals surface area (Å²) < 4.78 is 2.05. The largest absolute Gasteiger partial charge is 0.481 e. The molecule has 1 aliphatic heterocycles. The van der Waals surface area contributed by atoms with Gasteiger partial charge in [-0.05, 0) is 82.3 Å². The van der Waals surface area contributed by atoms with Gasteiger partial charge in [-0.25, -0.2) is 0 Å². The molecule has 2 aliphatic carbocycles. The van der Waals surface area contributed by atoms with E-state index >= 15 is 0 Å². The van der Waals surface area contributed by atoms with Crippen LogP contribution in [0.5, 0.6) is 0 Å². The summed E-state index contributed by atoms with van der Waals surface area (Å²) >= 11 is 1.66.